The number of aromatic nitrogens is 4. The molecule has 2 heterocycles. The van der Waals surface area contributed by atoms with Gasteiger partial charge < -0.3 is 21.7 Å². The van der Waals surface area contributed by atoms with Gasteiger partial charge in [0.15, 0.2) is 0 Å². The van der Waals surface area contributed by atoms with Crippen molar-refractivity contribution in [3.05, 3.63) is 85.5 Å². The third-order valence-corrected chi connectivity index (χ3v) is 8.15. The number of nitrogens with two attached hydrogens (primary N) is 2. The van der Waals surface area contributed by atoms with Crippen LogP contribution in [0.25, 0.3) is 21.5 Å². The van der Waals surface area contributed by atoms with Crippen LogP contribution < -0.4 is 20.6 Å². The van der Waals surface area contributed by atoms with Crippen LogP contribution in [0.2, 0.25) is 0 Å². The van der Waals surface area contributed by atoms with Gasteiger partial charge in [0, 0.05) is 43.1 Å². The highest BCUT2D eigenvalue weighted by molar-refractivity contribution is 6.01. The van der Waals surface area contributed by atoms with E-state index in [0.717, 1.165) is 72.2 Å². The van der Waals surface area contributed by atoms with E-state index in [-0.39, 0.29) is 11.5 Å². The average Bonchev–Trinajstić information content (AvgIpc) is 3.58. The molecule has 2 aromatic heterocycles. The monoisotopic (exact) mass is 618 g/mol. The van der Waals surface area contributed by atoms with E-state index in [9.17, 15) is 10.2 Å². The first kappa shape index (κ1) is 30.3. The maximum Gasteiger partial charge on any atom is 0.421 e. The number of nitrogen functional groups attached to an aromatic ring is 2. The molecule has 0 aliphatic carbocycles. The number of aryl methyl sites for hydroxylation is 4. The smallest absolute Gasteiger partial charge is 0.421 e. The second kappa shape index (κ2) is 13.1. The van der Waals surface area contributed by atoms with E-state index in [1.165, 1.54) is 0 Å². The van der Waals surface area contributed by atoms with Crippen LogP contribution >= 0.6 is 0 Å². The Bertz CT molecular complexity index is 1940. The second-order valence-electron chi connectivity index (χ2n) is 11.4. The van der Waals surface area contributed by atoms with Crippen molar-refractivity contribution in [2.45, 2.75) is 38.8 Å². The molecule has 0 bridgehead atoms. The molecular weight excluding hydrogens is 580 g/mol. The first-order valence-electron chi connectivity index (χ1n) is 15.2. The molecule has 12 heteroatoms. The highest BCUT2D eigenvalue weighted by Crippen LogP contribution is 2.35. The van der Waals surface area contributed by atoms with Crippen LogP contribution in [0, 0.1) is 0 Å². The third-order valence-electron chi connectivity index (χ3n) is 8.15. The summed E-state index contributed by atoms with van der Waals surface area (Å²) in [6, 6.07) is 17.4. The Morgan fingerprint density at radius 2 is 1.00 bits per heavy atom. The molecule has 6 rings (SSSR count). The van der Waals surface area contributed by atoms with Crippen molar-refractivity contribution in [1.29, 1.82) is 0 Å². The summed E-state index contributed by atoms with van der Waals surface area (Å²) in [4.78, 5) is 0. The molecule has 0 fully saturated rings. The molecule has 0 spiro atoms. The third kappa shape index (κ3) is 6.36. The zero-order valence-electron chi connectivity index (χ0n) is 26.0. The fourth-order valence-electron chi connectivity index (χ4n) is 5.61. The lowest BCUT2D eigenvalue weighted by Crippen LogP contribution is -2.25. The van der Waals surface area contributed by atoms with Gasteiger partial charge in [-0.15, -0.1) is 0 Å². The number of benzene rings is 4. The van der Waals surface area contributed by atoms with E-state index >= 15 is 0 Å². The van der Waals surface area contributed by atoms with Crippen molar-refractivity contribution in [3.8, 4) is 11.5 Å². The number of unbranched alkanes of at least 4 members (excludes halogenated alkanes) is 3. The van der Waals surface area contributed by atoms with Gasteiger partial charge in [0.2, 0.25) is 0 Å². The van der Waals surface area contributed by atoms with Crippen molar-refractivity contribution >= 4 is 56.2 Å². The Balaban J connectivity index is 1.04. The molecule has 6 aromatic rings. The highest BCUT2D eigenvalue weighted by atomic mass is 16.3. The summed E-state index contributed by atoms with van der Waals surface area (Å²) >= 11 is 0. The van der Waals surface area contributed by atoms with Gasteiger partial charge >= 0.3 is 11.9 Å². The zero-order valence-corrected chi connectivity index (χ0v) is 26.0. The van der Waals surface area contributed by atoms with Gasteiger partial charge in [0.05, 0.1) is 52.0 Å². The summed E-state index contributed by atoms with van der Waals surface area (Å²) in [7, 11) is 3.91. The number of imidazole rings is 2. The fourth-order valence-corrected chi connectivity index (χ4v) is 5.61. The molecule has 0 aliphatic rings. The maximum atomic E-state index is 9.87. The van der Waals surface area contributed by atoms with E-state index < -0.39 is 0 Å². The number of anilines is 2. The topological polar surface area (TPSA) is 160 Å². The lowest BCUT2D eigenvalue weighted by molar-refractivity contribution is -0.657. The van der Waals surface area contributed by atoms with Gasteiger partial charge in [-0.1, -0.05) is 23.1 Å². The van der Waals surface area contributed by atoms with E-state index in [1.54, 1.807) is 36.4 Å². The normalized spacial score (nSPS) is 12.0. The molecule has 0 saturated carbocycles. The number of hydrogen-bond acceptors (Lipinski definition) is 8. The first-order valence-corrected chi connectivity index (χ1v) is 15.2. The summed E-state index contributed by atoms with van der Waals surface area (Å²) in [5.41, 5.74) is 14.8. The standard InChI is InChI=1S/C34H36N10O2/c1-41-17-19-43(33(41)39-37-31-13-11-29(35)27-21-23(45)7-9-25(27)31)15-5-3-4-6-16-44-20-18-42(2)34(44)40-38-32-14-12-30(36)28-22-24(46)8-10-26(28)32/h7-14,17-22,35-36H,3-6,15-16H2,1-2H3,(H2,37,38,45,46)/p+2. The van der Waals surface area contributed by atoms with Crippen LogP contribution in [0.15, 0.2) is 106 Å². The minimum Gasteiger partial charge on any atom is -0.508 e. The number of aromatic hydroxyl groups is 2. The summed E-state index contributed by atoms with van der Waals surface area (Å²) < 4.78 is 8.13. The van der Waals surface area contributed by atoms with Crippen LogP contribution in [0.4, 0.5) is 34.6 Å². The summed E-state index contributed by atoms with van der Waals surface area (Å²) in [6.07, 6.45) is 12.2. The van der Waals surface area contributed by atoms with Crippen LogP contribution in [-0.2, 0) is 27.2 Å². The van der Waals surface area contributed by atoms with E-state index in [2.05, 4.69) is 29.6 Å². The molecule has 4 aromatic carbocycles. The molecule has 12 nitrogen and oxygen atoms in total. The molecule has 0 atom stereocenters. The quantitative estimate of drug-likeness (QED) is 0.0538. The van der Waals surface area contributed by atoms with E-state index in [0.29, 0.717) is 22.7 Å². The Morgan fingerprint density at radius 3 is 1.43 bits per heavy atom. The van der Waals surface area contributed by atoms with Crippen molar-refractivity contribution in [1.82, 2.24) is 9.13 Å². The number of azo groups is 2. The fraction of sp³-hybridized carbons (Fsp3) is 0.235. The largest absolute Gasteiger partial charge is 0.508 e. The Kier molecular flexibility index (Phi) is 8.59. The predicted molar refractivity (Wildman–Crippen MR) is 178 cm³/mol. The number of hydrogen-bond donors (Lipinski definition) is 4. The molecule has 46 heavy (non-hydrogen) atoms. The number of phenols is 2. The zero-order chi connectivity index (χ0) is 32.2. The van der Waals surface area contributed by atoms with Crippen LogP contribution in [0.1, 0.15) is 25.7 Å². The maximum absolute atomic E-state index is 9.87. The van der Waals surface area contributed by atoms with Crippen LogP contribution in [0.3, 0.4) is 0 Å². The lowest BCUT2D eigenvalue weighted by Gasteiger charge is -2.04. The van der Waals surface area contributed by atoms with Gasteiger partial charge in [-0.2, -0.15) is 0 Å². The van der Waals surface area contributed by atoms with Gasteiger partial charge in [-0.05, 0) is 73.5 Å². The molecular formula is C34H38N10O2+2. The summed E-state index contributed by atoms with van der Waals surface area (Å²) in [6.45, 7) is 1.66. The van der Waals surface area contributed by atoms with Crippen LogP contribution in [0.5, 0.6) is 11.5 Å². The molecule has 0 unspecified atom stereocenters. The number of fused-ring (bicyclic) bond motifs is 2. The molecule has 0 radical (unpaired) electrons. The molecule has 0 amide bonds. The lowest BCUT2D eigenvalue weighted by atomic mass is 10.1. The minimum absolute atomic E-state index is 0.160. The Labute approximate surface area is 266 Å². The summed E-state index contributed by atoms with van der Waals surface area (Å²) in [5, 5.41) is 41.1. The Morgan fingerprint density at radius 1 is 0.565 bits per heavy atom. The van der Waals surface area contributed by atoms with Gasteiger partial charge in [0.1, 0.15) is 22.9 Å². The van der Waals surface area contributed by atoms with Crippen molar-refractivity contribution in [2.24, 2.45) is 34.6 Å². The molecule has 6 N–H and O–H groups in total. The minimum atomic E-state index is 0.160. The molecule has 0 aliphatic heterocycles. The number of nitrogens with zero attached hydrogens (tertiary/aromatic N) is 8. The number of phenolic OH excluding ortho intramolecular Hbond substituents is 2. The molecule has 234 valence electrons. The second-order valence-corrected chi connectivity index (χ2v) is 11.4. The van der Waals surface area contributed by atoms with Gasteiger partial charge in [-0.3, -0.25) is 0 Å². The highest BCUT2D eigenvalue weighted by Gasteiger charge is 2.17. The van der Waals surface area contributed by atoms with Gasteiger partial charge in [0.25, 0.3) is 0 Å². The van der Waals surface area contributed by atoms with Gasteiger partial charge in [-0.25, -0.2) is 18.3 Å². The average molecular weight is 619 g/mol. The Hall–Kier alpha value is -5.78. The molecule has 0 saturated heterocycles. The van der Waals surface area contributed by atoms with Crippen molar-refractivity contribution in [3.63, 3.8) is 0 Å². The van der Waals surface area contributed by atoms with Crippen molar-refractivity contribution < 1.29 is 19.3 Å². The number of rotatable bonds is 11. The van der Waals surface area contributed by atoms with E-state index in [4.69, 9.17) is 11.5 Å². The predicted octanol–water partition coefficient (Wildman–Crippen LogP) is 6.91. The van der Waals surface area contributed by atoms with E-state index in [1.807, 2.05) is 72.3 Å². The van der Waals surface area contributed by atoms with Crippen molar-refractivity contribution in [2.75, 3.05) is 11.5 Å². The van der Waals surface area contributed by atoms with Crippen LogP contribution in [-0.4, -0.2) is 19.3 Å². The SMILES string of the molecule is C[n+]1ccn(CCCCCCn2cc[n+](C)c2N=Nc2ccc(N)c3cc(O)ccc23)c1N=Nc1ccc(N)c2cc(O)ccc12. The first-order chi connectivity index (χ1) is 22.3. The summed E-state index contributed by atoms with van der Waals surface area (Å²) in [5.74, 6) is 1.83.